The highest BCUT2D eigenvalue weighted by Crippen LogP contribution is 1.92. The van der Waals surface area contributed by atoms with E-state index >= 15 is 0 Å². The third-order valence-corrected chi connectivity index (χ3v) is 0.996. The van der Waals surface area contributed by atoms with Crippen molar-refractivity contribution in [1.82, 2.24) is 4.98 Å². The molecule has 0 radical (unpaired) electrons. The van der Waals surface area contributed by atoms with Crippen LogP contribution in [0.4, 0.5) is 0 Å². The summed E-state index contributed by atoms with van der Waals surface area (Å²) in [6.07, 6.45) is 0. The lowest BCUT2D eigenvalue weighted by molar-refractivity contribution is 1.12. The average molecular weight is 125 g/mol. The SMILES string of the molecule is [2H]c1c(C)cc(=O)n([2H])c1C. The summed E-state index contributed by atoms with van der Waals surface area (Å²) in [5, 5.41) is 0. The van der Waals surface area contributed by atoms with Gasteiger partial charge in [0.05, 0.1) is 1.37 Å². The fraction of sp³-hybridized carbons (Fsp3) is 0.286. The minimum Gasteiger partial charge on any atom is -0.327 e. The van der Waals surface area contributed by atoms with Gasteiger partial charge in [-0.15, -0.1) is 0 Å². The first-order valence-corrected chi connectivity index (χ1v) is 2.73. The number of aromatic nitrogens is 1. The molecule has 2 heteroatoms. The zero-order valence-corrected chi connectivity index (χ0v) is 5.43. The number of pyridine rings is 1. The number of aromatic amines is 1. The highest BCUT2D eigenvalue weighted by Gasteiger charge is 1.86. The predicted octanol–water partition coefficient (Wildman–Crippen LogP) is 0.992. The molecule has 1 aromatic rings. The van der Waals surface area contributed by atoms with Crippen LogP contribution < -0.4 is 5.56 Å². The third kappa shape index (κ3) is 1.42. The smallest absolute Gasteiger partial charge is 0.248 e. The van der Waals surface area contributed by atoms with Crippen LogP contribution in [0.5, 0.6) is 0 Å². The van der Waals surface area contributed by atoms with Crippen molar-refractivity contribution in [2.24, 2.45) is 0 Å². The van der Waals surface area contributed by atoms with Gasteiger partial charge in [0.1, 0.15) is 0 Å². The normalized spacial score (nSPS) is 12.7. The van der Waals surface area contributed by atoms with Crippen LogP contribution in [0.3, 0.4) is 0 Å². The van der Waals surface area contributed by atoms with Crippen molar-refractivity contribution in [2.45, 2.75) is 13.8 Å². The lowest BCUT2D eigenvalue weighted by atomic mass is 10.2. The molecule has 2 nitrogen and oxygen atoms in total. The first kappa shape index (κ1) is 3.88. The van der Waals surface area contributed by atoms with Crippen LogP contribution in [0.1, 0.15) is 12.6 Å². The van der Waals surface area contributed by atoms with Crippen molar-refractivity contribution < 1.29 is 2.78 Å². The Kier molecular flexibility index (Phi) is 0.884. The highest BCUT2D eigenvalue weighted by atomic mass is 16.1. The van der Waals surface area contributed by atoms with E-state index in [4.69, 9.17) is 2.78 Å². The summed E-state index contributed by atoms with van der Waals surface area (Å²) < 4.78 is 14.6. The predicted molar refractivity (Wildman–Crippen MR) is 36.5 cm³/mol. The second kappa shape index (κ2) is 2.05. The monoisotopic (exact) mass is 125 g/mol. The van der Waals surface area contributed by atoms with Gasteiger partial charge < -0.3 is 4.98 Å². The van der Waals surface area contributed by atoms with Gasteiger partial charge in [-0.05, 0) is 25.5 Å². The van der Waals surface area contributed by atoms with E-state index in [1.165, 1.54) is 6.07 Å². The molecule has 1 rings (SSSR count). The van der Waals surface area contributed by atoms with E-state index in [1.54, 1.807) is 13.8 Å². The first-order valence-electron chi connectivity index (χ1n) is 3.68. The fourth-order valence-corrected chi connectivity index (χ4v) is 0.732. The largest absolute Gasteiger partial charge is 0.327 e. The summed E-state index contributed by atoms with van der Waals surface area (Å²) in [4.78, 5) is 11.6. The molecule has 1 N–H and O–H groups in total. The van der Waals surface area contributed by atoms with E-state index in [1.807, 2.05) is 0 Å². The van der Waals surface area contributed by atoms with Crippen molar-refractivity contribution >= 4 is 0 Å². The standard InChI is InChI=1S/C7H9NO/c1-5-3-6(2)8-7(9)4-5/h3-4H,1-2H3,(H,8,9)/i3D/hD. The lowest BCUT2D eigenvalue weighted by Gasteiger charge is -1.91. The maximum Gasteiger partial charge on any atom is 0.248 e. The van der Waals surface area contributed by atoms with Gasteiger partial charge in [0, 0.05) is 11.8 Å². The van der Waals surface area contributed by atoms with Gasteiger partial charge in [0.15, 0.2) is 1.41 Å². The Morgan fingerprint density at radius 1 is 1.78 bits per heavy atom. The van der Waals surface area contributed by atoms with Crippen LogP contribution in [0.2, 0.25) is 1.41 Å². The van der Waals surface area contributed by atoms with Crippen LogP contribution in [0, 0.1) is 13.8 Å². The number of hydrogen-bond donors (Lipinski definition) is 1. The van der Waals surface area contributed by atoms with Crippen LogP contribution in [0.15, 0.2) is 16.9 Å². The Balaban J connectivity index is 3.59. The van der Waals surface area contributed by atoms with Crippen molar-refractivity contribution in [1.29, 1.82) is 0 Å². The molecule has 9 heavy (non-hydrogen) atoms. The third-order valence-electron chi connectivity index (χ3n) is 0.996. The van der Waals surface area contributed by atoms with E-state index in [0.29, 0.717) is 11.3 Å². The van der Waals surface area contributed by atoms with Gasteiger partial charge in [0.2, 0.25) is 5.56 Å². The molecule has 0 spiro atoms. The zero-order chi connectivity index (χ0) is 8.59. The van der Waals surface area contributed by atoms with Gasteiger partial charge in [-0.1, -0.05) is 0 Å². The van der Waals surface area contributed by atoms with Crippen LogP contribution in [-0.2, 0) is 0 Å². The minimum atomic E-state index is -0.379. The van der Waals surface area contributed by atoms with E-state index in [9.17, 15) is 4.79 Å². The molecule has 0 aliphatic heterocycles. The Labute approximate surface area is 56.4 Å². The van der Waals surface area contributed by atoms with E-state index in [-0.39, 0.29) is 11.6 Å². The Hall–Kier alpha value is -1.05. The lowest BCUT2D eigenvalue weighted by Crippen LogP contribution is -2.05. The summed E-state index contributed by atoms with van der Waals surface area (Å²) in [7, 11) is 0. The van der Waals surface area contributed by atoms with Crippen LogP contribution >= 0.6 is 0 Å². The first-order chi connectivity index (χ1) is 5.04. The molecule has 0 aromatic carbocycles. The van der Waals surface area contributed by atoms with Crippen molar-refractivity contribution in [3.05, 3.63) is 33.7 Å². The molecule has 1 aromatic heterocycles. The summed E-state index contributed by atoms with van der Waals surface area (Å²) in [6, 6.07) is 1.56. The quantitative estimate of drug-likeness (QED) is 0.551. The van der Waals surface area contributed by atoms with Crippen molar-refractivity contribution in [2.75, 3.05) is 0 Å². The second-order valence-corrected chi connectivity index (χ2v) is 1.99. The molecule has 48 valence electrons. The topological polar surface area (TPSA) is 32.9 Å². The second-order valence-electron chi connectivity index (χ2n) is 1.99. The summed E-state index contributed by atoms with van der Waals surface area (Å²) in [5.41, 5.74) is 0.627. The van der Waals surface area contributed by atoms with Gasteiger partial charge in [-0.2, -0.15) is 0 Å². The summed E-state index contributed by atoms with van der Waals surface area (Å²) >= 11 is 0. The van der Waals surface area contributed by atoms with Gasteiger partial charge >= 0.3 is 0 Å². The average Bonchev–Trinajstić information content (AvgIpc) is 1.97. The molecule has 0 atom stereocenters. The van der Waals surface area contributed by atoms with Crippen molar-refractivity contribution in [3.63, 3.8) is 0 Å². The number of hydrogen-bond acceptors (Lipinski definition) is 1. The number of nitrogens with one attached hydrogen (secondary N) is 1. The highest BCUT2D eigenvalue weighted by molar-refractivity contribution is 5.12. The van der Waals surface area contributed by atoms with Crippen LogP contribution in [0.25, 0.3) is 0 Å². The molecule has 0 fully saturated rings. The maximum absolute atomic E-state index is 10.9. The van der Waals surface area contributed by atoms with E-state index in [0.717, 1.165) is 4.98 Å². The zero-order valence-electron chi connectivity index (χ0n) is 7.43. The molecule has 1 heterocycles. The Bertz CT molecular complexity index is 343. The molecule has 0 amide bonds. The fourth-order valence-electron chi connectivity index (χ4n) is 0.732. The number of rotatable bonds is 0. The van der Waals surface area contributed by atoms with Crippen LogP contribution in [-0.4, -0.2) is 4.98 Å². The van der Waals surface area contributed by atoms with E-state index in [2.05, 4.69) is 0 Å². The Morgan fingerprint density at radius 2 is 2.44 bits per heavy atom. The summed E-state index contributed by atoms with van der Waals surface area (Å²) in [5.74, 6) is 0. The van der Waals surface area contributed by atoms with E-state index < -0.39 is 0 Å². The molecule has 0 aliphatic rings. The summed E-state index contributed by atoms with van der Waals surface area (Å²) in [6.45, 7) is 3.28. The minimum absolute atomic E-state index is 0.264. The maximum atomic E-state index is 10.9. The van der Waals surface area contributed by atoms with Gasteiger partial charge in [-0.3, -0.25) is 4.79 Å². The van der Waals surface area contributed by atoms with Crippen molar-refractivity contribution in [3.8, 4) is 0 Å². The molecule has 0 bridgehead atoms. The Morgan fingerprint density at radius 3 is 3.11 bits per heavy atom. The molecular formula is C7H9NO. The molecule has 0 saturated carbocycles. The molecule has 0 aliphatic carbocycles. The van der Waals surface area contributed by atoms with Gasteiger partial charge in [0.25, 0.3) is 0 Å². The molecular weight excluding hydrogens is 114 g/mol. The molecule has 0 unspecified atom stereocenters. The number of aryl methyl sites for hydroxylation is 1. The van der Waals surface area contributed by atoms with Gasteiger partial charge in [-0.25, -0.2) is 0 Å². The number of H-pyrrole nitrogens is 1. The molecule has 0 saturated heterocycles.